The molecule has 0 aromatic carbocycles. The normalized spacial score (nSPS) is 10.7. The minimum atomic E-state index is -5.14. The Hall–Kier alpha value is 0.230. The summed E-state index contributed by atoms with van der Waals surface area (Å²) in [6, 6.07) is -0.716. The van der Waals surface area contributed by atoms with Crippen molar-refractivity contribution >= 4 is 57.5 Å². The van der Waals surface area contributed by atoms with Crippen molar-refractivity contribution < 1.29 is 39.0 Å². The number of nitrogens with two attached hydrogens (primary N) is 2. The first-order valence-electron chi connectivity index (χ1n) is 5.04. The van der Waals surface area contributed by atoms with Crippen LogP contribution in [0.5, 0.6) is 0 Å². The Labute approximate surface area is 146 Å². The van der Waals surface area contributed by atoms with Crippen molar-refractivity contribution in [2.24, 2.45) is 11.5 Å². The Morgan fingerprint density at radius 2 is 1.55 bits per heavy atom. The smallest absolute Gasteiger partial charge is 0.790 e. The second kappa shape index (κ2) is 17.3. The Balaban J connectivity index is -0.000000108. The third-order valence-corrected chi connectivity index (χ3v) is 1.29. The average Bonchev–Trinajstić information content (AvgIpc) is 2.14. The van der Waals surface area contributed by atoms with Crippen LogP contribution in [0.15, 0.2) is 0 Å². The summed E-state index contributed by atoms with van der Waals surface area (Å²) in [4.78, 5) is 43.4. The molecule has 0 aliphatic heterocycles. The van der Waals surface area contributed by atoms with Crippen molar-refractivity contribution in [3.8, 4) is 0 Å². The number of unbranched alkanes of at least 4 members (excludes halogenated alkanes) is 1. The van der Waals surface area contributed by atoms with E-state index in [2.05, 4.69) is 0 Å². The van der Waals surface area contributed by atoms with Crippen LogP contribution in [-0.4, -0.2) is 77.4 Å². The zero-order valence-corrected chi connectivity index (χ0v) is 14.2. The number of phosphoric acid groups is 1. The first-order chi connectivity index (χ1) is 8.41. The first kappa shape index (κ1) is 28.4. The maximum absolute atomic E-state index is 10.1. The molecule has 0 aliphatic carbocycles. The van der Waals surface area contributed by atoms with Crippen LogP contribution < -0.4 is 21.3 Å². The molecule has 0 aromatic heterocycles. The number of hydrogen-bond acceptors (Lipinski definition) is 7. The SMILES string of the molecule is CC(=O)O.NCCCC[C@H](N)C(=O)O.O=P([O-])([O-])O.[Ca+2]. The number of carbonyl (C=O) groups is 2. The molecule has 1 atom stereocenters. The fraction of sp³-hybridized carbons (Fsp3) is 0.750. The van der Waals surface area contributed by atoms with Crippen LogP contribution in [0.2, 0.25) is 0 Å². The standard InChI is InChI=1S/C6H14N2O2.C2H4O2.Ca.H3O4P/c7-4-2-1-3-5(8)6(9)10;1-2(3)4;;1-5(2,3)4/h5H,1-4,7-8H2,(H,9,10);1H3,(H,3,4);;(H3,1,2,3,4)/q;;+2;/p-2/t5-;;;/m0.../s1. The van der Waals surface area contributed by atoms with Crippen LogP contribution >= 0.6 is 7.82 Å². The number of rotatable bonds is 5. The molecule has 0 rings (SSSR count). The van der Waals surface area contributed by atoms with E-state index in [9.17, 15) is 4.79 Å². The molecule has 0 aliphatic rings. The Kier molecular flexibility index (Phi) is 24.5. The van der Waals surface area contributed by atoms with Crippen LogP contribution in [0.4, 0.5) is 0 Å². The summed E-state index contributed by atoms with van der Waals surface area (Å²) in [5.74, 6) is -1.77. The van der Waals surface area contributed by atoms with E-state index in [0.29, 0.717) is 13.0 Å². The molecule has 12 heteroatoms. The predicted molar refractivity (Wildman–Crippen MR) is 67.4 cm³/mol. The van der Waals surface area contributed by atoms with Crippen LogP contribution in [0, 0.1) is 0 Å². The van der Waals surface area contributed by atoms with Gasteiger partial charge in [-0.2, -0.15) is 0 Å². The zero-order valence-electron chi connectivity index (χ0n) is 11.1. The molecule has 0 spiro atoms. The van der Waals surface area contributed by atoms with Crippen LogP contribution in [0.3, 0.4) is 0 Å². The largest absolute Gasteiger partial charge is 2.00 e. The quantitative estimate of drug-likeness (QED) is 0.194. The van der Waals surface area contributed by atoms with Crippen molar-refractivity contribution in [1.29, 1.82) is 0 Å². The van der Waals surface area contributed by atoms with Gasteiger partial charge < -0.3 is 40.9 Å². The molecule has 0 fully saturated rings. The molecule has 0 saturated heterocycles. The molecular formula is C8H19CaN2O8P. The molecule has 0 aromatic rings. The average molecular weight is 342 g/mol. The number of carboxylic acids is 2. The van der Waals surface area contributed by atoms with E-state index in [1.165, 1.54) is 0 Å². The molecule has 10 nitrogen and oxygen atoms in total. The summed E-state index contributed by atoms with van der Waals surface area (Å²) in [7, 11) is -5.14. The van der Waals surface area contributed by atoms with Gasteiger partial charge in [-0.25, -0.2) is 0 Å². The van der Waals surface area contributed by atoms with E-state index >= 15 is 0 Å². The molecule has 0 radical (unpaired) electrons. The molecule has 0 bridgehead atoms. The van der Waals surface area contributed by atoms with Gasteiger partial charge in [0.05, 0.1) is 7.82 Å². The van der Waals surface area contributed by atoms with Crippen LogP contribution in [0.25, 0.3) is 0 Å². The van der Waals surface area contributed by atoms with Gasteiger partial charge in [0.2, 0.25) is 0 Å². The Bertz CT molecular complexity index is 286. The summed E-state index contributed by atoms with van der Waals surface area (Å²) in [6.07, 6.45) is 2.16. The zero-order chi connectivity index (χ0) is 16.1. The number of aliphatic carboxylic acids is 2. The van der Waals surface area contributed by atoms with Gasteiger partial charge in [0.1, 0.15) is 6.04 Å². The Morgan fingerprint density at radius 1 is 1.25 bits per heavy atom. The second-order valence-electron chi connectivity index (χ2n) is 3.22. The summed E-state index contributed by atoms with van der Waals surface area (Å²) >= 11 is 0. The fourth-order valence-electron chi connectivity index (χ4n) is 0.632. The molecule has 0 saturated carbocycles. The van der Waals surface area contributed by atoms with E-state index in [-0.39, 0.29) is 37.7 Å². The van der Waals surface area contributed by atoms with Gasteiger partial charge in [0.15, 0.2) is 0 Å². The molecule has 20 heavy (non-hydrogen) atoms. The second-order valence-corrected chi connectivity index (χ2v) is 4.15. The monoisotopic (exact) mass is 342 g/mol. The summed E-state index contributed by atoms with van der Waals surface area (Å²) in [6.45, 7) is 1.69. The van der Waals surface area contributed by atoms with Gasteiger partial charge in [0.25, 0.3) is 5.97 Å². The third-order valence-electron chi connectivity index (χ3n) is 1.29. The van der Waals surface area contributed by atoms with Gasteiger partial charge in [-0.05, 0) is 19.4 Å². The van der Waals surface area contributed by atoms with E-state index in [1.807, 2.05) is 0 Å². The van der Waals surface area contributed by atoms with Crippen molar-refractivity contribution in [2.75, 3.05) is 6.54 Å². The third kappa shape index (κ3) is 63.5. The maximum Gasteiger partial charge on any atom is 2.00 e. The molecule has 116 valence electrons. The molecular weight excluding hydrogens is 323 g/mol. The predicted octanol–water partition coefficient (Wildman–Crippen LogP) is -2.96. The van der Waals surface area contributed by atoms with Crippen LogP contribution in [0.1, 0.15) is 26.2 Å². The molecule has 0 unspecified atom stereocenters. The number of carboxylic acid groups (broad SMARTS) is 2. The molecule has 0 heterocycles. The van der Waals surface area contributed by atoms with Gasteiger partial charge >= 0.3 is 43.7 Å². The van der Waals surface area contributed by atoms with E-state index in [1.54, 1.807) is 0 Å². The van der Waals surface area contributed by atoms with Crippen molar-refractivity contribution in [3.63, 3.8) is 0 Å². The Morgan fingerprint density at radius 3 is 1.75 bits per heavy atom. The van der Waals surface area contributed by atoms with Crippen molar-refractivity contribution in [3.05, 3.63) is 0 Å². The number of hydrogen-bond donors (Lipinski definition) is 5. The summed E-state index contributed by atoms with van der Waals surface area (Å²) in [5.41, 5.74) is 10.4. The van der Waals surface area contributed by atoms with E-state index in [4.69, 9.17) is 45.7 Å². The van der Waals surface area contributed by atoms with E-state index in [0.717, 1.165) is 19.8 Å². The summed E-state index contributed by atoms with van der Waals surface area (Å²) in [5, 5.41) is 15.7. The minimum absolute atomic E-state index is 0. The van der Waals surface area contributed by atoms with Gasteiger partial charge in [-0.3, -0.25) is 9.59 Å². The topological polar surface area (TPSA) is 210 Å². The van der Waals surface area contributed by atoms with Gasteiger partial charge in [-0.1, -0.05) is 6.42 Å². The molecule has 7 N–H and O–H groups in total. The van der Waals surface area contributed by atoms with Crippen molar-refractivity contribution in [2.45, 2.75) is 32.2 Å². The molecule has 0 amide bonds. The fourth-order valence-corrected chi connectivity index (χ4v) is 0.632. The van der Waals surface area contributed by atoms with Gasteiger partial charge in [-0.15, -0.1) is 0 Å². The van der Waals surface area contributed by atoms with E-state index < -0.39 is 25.8 Å². The van der Waals surface area contributed by atoms with Crippen molar-refractivity contribution in [1.82, 2.24) is 0 Å². The summed E-state index contributed by atoms with van der Waals surface area (Å²) < 4.78 is 8.66. The van der Waals surface area contributed by atoms with Gasteiger partial charge in [0, 0.05) is 6.92 Å². The first-order valence-corrected chi connectivity index (χ1v) is 6.54. The maximum atomic E-state index is 10.1. The minimum Gasteiger partial charge on any atom is -0.790 e. The van der Waals surface area contributed by atoms with Crippen LogP contribution in [-0.2, 0) is 14.2 Å².